The minimum Gasteiger partial charge on any atom is -0.454 e. The number of ether oxygens (including phenoxy) is 1. The van der Waals surface area contributed by atoms with E-state index in [1.807, 2.05) is 0 Å². The number of aromatic nitrogens is 4. The van der Waals surface area contributed by atoms with Crippen LogP contribution in [0.2, 0.25) is 0 Å². The second-order valence-electron chi connectivity index (χ2n) is 9.52. The summed E-state index contributed by atoms with van der Waals surface area (Å²) in [5, 5.41) is 16.3. The Labute approximate surface area is 245 Å². The number of benzene rings is 1. The van der Waals surface area contributed by atoms with Crippen LogP contribution in [0.5, 0.6) is 11.5 Å². The number of halogens is 2. The molecule has 0 saturated heterocycles. The molecule has 4 heterocycles. The summed E-state index contributed by atoms with van der Waals surface area (Å²) in [7, 11) is 0. The first-order valence-corrected chi connectivity index (χ1v) is 12.6. The van der Waals surface area contributed by atoms with Gasteiger partial charge in [-0.05, 0) is 74.4 Å². The van der Waals surface area contributed by atoms with Gasteiger partial charge in [0.05, 0.1) is 24.2 Å². The van der Waals surface area contributed by atoms with Gasteiger partial charge in [-0.15, -0.1) is 12.4 Å². The van der Waals surface area contributed by atoms with Crippen molar-refractivity contribution in [3.8, 4) is 22.8 Å². The van der Waals surface area contributed by atoms with E-state index >= 15 is 0 Å². The molecule has 1 saturated carbocycles. The molecule has 0 unspecified atom stereocenters. The van der Waals surface area contributed by atoms with E-state index in [1.54, 1.807) is 54.0 Å². The molecule has 4 aromatic heterocycles. The van der Waals surface area contributed by atoms with Gasteiger partial charge in [-0.2, -0.15) is 0 Å². The van der Waals surface area contributed by atoms with E-state index in [2.05, 4.69) is 20.6 Å². The van der Waals surface area contributed by atoms with Crippen LogP contribution in [0, 0.1) is 18.7 Å². The lowest BCUT2D eigenvalue weighted by Gasteiger charge is -2.08. The number of nitrogens with zero attached hydrogens (tertiary/aromatic N) is 4. The lowest BCUT2D eigenvalue weighted by Crippen LogP contribution is -2.42. The molecule has 11 nitrogen and oxygen atoms in total. The normalized spacial score (nSPS) is 12.1. The quantitative estimate of drug-likeness (QED) is 0.188. The monoisotopic (exact) mass is 593 g/mol. The number of fused-ring (bicyclic) bond motifs is 1. The van der Waals surface area contributed by atoms with E-state index in [1.165, 1.54) is 36.5 Å². The molecule has 0 spiro atoms. The zero-order valence-electron chi connectivity index (χ0n) is 22.2. The molecular formula is C29H27ClFN6O5+. The number of aryl methyl sites for hydroxylation is 1. The minimum absolute atomic E-state index is 0. The van der Waals surface area contributed by atoms with Gasteiger partial charge in [0.25, 0.3) is 5.69 Å². The Morgan fingerprint density at radius 3 is 2.40 bits per heavy atom. The topological polar surface area (TPSA) is 153 Å². The average molecular weight is 594 g/mol. The van der Waals surface area contributed by atoms with Crippen molar-refractivity contribution in [1.82, 2.24) is 14.4 Å². The largest absolute Gasteiger partial charge is 0.454 e. The summed E-state index contributed by atoms with van der Waals surface area (Å²) in [4.78, 5) is 33.6. The van der Waals surface area contributed by atoms with Crippen molar-refractivity contribution in [2.24, 2.45) is 5.92 Å². The first kappa shape index (κ1) is 29.9. The molecule has 13 heteroatoms. The highest BCUT2D eigenvalue weighted by Crippen LogP contribution is 2.30. The van der Waals surface area contributed by atoms with Gasteiger partial charge in [-0.3, -0.25) is 14.8 Å². The number of pyridine rings is 3. The number of carbonyl (C=O) groups is 2. The van der Waals surface area contributed by atoms with E-state index in [-0.39, 0.29) is 41.2 Å². The Hall–Kier alpha value is -5.07. The molecule has 0 bridgehead atoms. The molecule has 6 rings (SSSR count). The van der Waals surface area contributed by atoms with Crippen molar-refractivity contribution in [3.05, 3.63) is 96.3 Å². The lowest BCUT2D eigenvalue weighted by molar-refractivity contribution is -0.897. The smallest absolute Gasteiger partial charge is 0.326 e. The standard InChI is InChI=1S/C29H23FN6O4.ClH.H2O/c1-17-2-11-23(36(39)27(17)18-5-7-20(30)8-6-18)29(38)33-24-12-9-21(14-31-24)40-22-10-13-26-32-25(16-35(26)15-22)34-28(37)19-3-4-19;;/h2,5-16,19H,3-4H2,1H3,(H2-,31,33,34,37,38,39);1H;1H2/p+1. The first-order chi connectivity index (χ1) is 19.3. The van der Waals surface area contributed by atoms with Gasteiger partial charge in [0.15, 0.2) is 5.82 Å². The second-order valence-corrected chi connectivity index (χ2v) is 9.52. The molecule has 42 heavy (non-hydrogen) atoms. The minimum atomic E-state index is -0.581. The first-order valence-electron chi connectivity index (χ1n) is 12.6. The van der Waals surface area contributed by atoms with Crippen LogP contribution >= 0.6 is 12.4 Å². The van der Waals surface area contributed by atoms with E-state index < -0.39 is 11.7 Å². The van der Waals surface area contributed by atoms with Crippen LogP contribution < -0.4 is 20.1 Å². The van der Waals surface area contributed by atoms with Crippen LogP contribution in [0.15, 0.2) is 79.3 Å². The van der Waals surface area contributed by atoms with Gasteiger partial charge in [0, 0.05) is 22.3 Å². The van der Waals surface area contributed by atoms with E-state index in [0.717, 1.165) is 17.6 Å². The number of rotatable bonds is 7. The maximum absolute atomic E-state index is 13.4. The van der Waals surface area contributed by atoms with Crippen LogP contribution in [0.4, 0.5) is 16.0 Å². The Morgan fingerprint density at radius 2 is 1.71 bits per heavy atom. The molecule has 0 radical (unpaired) electrons. The Morgan fingerprint density at radius 1 is 0.976 bits per heavy atom. The van der Waals surface area contributed by atoms with Crippen molar-refractivity contribution in [1.29, 1.82) is 0 Å². The molecule has 1 aliphatic rings. The number of hydrogen-bond donors (Lipinski definition) is 3. The van der Waals surface area contributed by atoms with Crippen LogP contribution in [0.25, 0.3) is 16.9 Å². The molecule has 1 aliphatic carbocycles. The fourth-order valence-corrected chi connectivity index (χ4v) is 4.27. The van der Waals surface area contributed by atoms with Crippen molar-refractivity contribution in [3.63, 3.8) is 0 Å². The molecular weight excluding hydrogens is 567 g/mol. The van der Waals surface area contributed by atoms with Gasteiger partial charge >= 0.3 is 11.6 Å². The van der Waals surface area contributed by atoms with E-state index in [0.29, 0.717) is 39.8 Å². The van der Waals surface area contributed by atoms with Crippen LogP contribution in [0.3, 0.4) is 0 Å². The van der Waals surface area contributed by atoms with Gasteiger partial charge in [0.1, 0.15) is 28.8 Å². The number of imidazole rings is 1. The highest BCUT2D eigenvalue weighted by molar-refractivity contribution is 6.01. The van der Waals surface area contributed by atoms with Crippen molar-refractivity contribution in [2.75, 3.05) is 10.6 Å². The number of nitrogens with one attached hydrogen (secondary N) is 2. The highest BCUT2D eigenvalue weighted by atomic mass is 35.5. The summed E-state index contributed by atoms with van der Waals surface area (Å²) in [6, 6.07) is 15.6. The molecule has 5 N–H and O–H groups in total. The van der Waals surface area contributed by atoms with E-state index in [4.69, 9.17) is 4.74 Å². The van der Waals surface area contributed by atoms with Crippen molar-refractivity contribution < 1.29 is 34.1 Å². The maximum atomic E-state index is 13.4. The molecule has 1 fully saturated rings. The summed E-state index contributed by atoms with van der Waals surface area (Å²) in [6.07, 6.45) is 6.75. The van der Waals surface area contributed by atoms with Crippen LogP contribution in [0.1, 0.15) is 28.9 Å². The average Bonchev–Trinajstić information content (AvgIpc) is 3.71. The third kappa shape index (κ3) is 6.29. The fourth-order valence-electron chi connectivity index (χ4n) is 4.27. The van der Waals surface area contributed by atoms with Crippen LogP contribution in [-0.2, 0) is 4.79 Å². The molecule has 2 amide bonds. The zero-order chi connectivity index (χ0) is 27.8. The number of amides is 2. The van der Waals surface area contributed by atoms with Gasteiger partial charge in [-0.1, -0.05) is 0 Å². The van der Waals surface area contributed by atoms with Crippen LogP contribution in [-0.4, -0.2) is 36.9 Å². The van der Waals surface area contributed by atoms with Gasteiger partial charge in [-0.25, -0.2) is 14.4 Å². The molecule has 5 aromatic rings. The molecule has 1 aromatic carbocycles. The Bertz CT molecular complexity index is 1760. The molecule has 0 atom stereocenters. The Kier molecular flexibility index (Phi) is 8.69. The number of carbonyl (C=O) groups excluding carboxylic acids is 2. The second kappa shape index (κ2) is 12.2. The summed E-state index contributed by atoms with van der Waals surface area (Å²) in [6.45, 7) is 1.78. The summed E-state index contributed by atoms with van der Waals surface area (Å²) >= 11 is 0. The summed E-state index contributed by atoms with van der Waals surface area (Å²) in [5.41, 5.74) is 2.28. The number of hydrogen-bond acceptors (Lipinski definition) is 6. The predicted octanol–water partition coefficient (Wildman–Crippen LogP) is 4.36. The lowest BCUT2D eigenvalue weighted by atomic mass is 10.1. The van der Waals surface area contributed by atoms with Crippen molar-refractivity contribution in [2.45, 2.75) is 19.8 Å². The van der Waals surface area contributed by atoms with Gasteiger partial charge < -0.3 is 25.2 Å². The number of anilines is 2. The summed E-state index contributed by atoms with van der Waals surface area (Å²) in [5.74, 6) is 0.794. The van der Waals surface area contributed by atoms with Crippen molar-refractivity contribution >= 4 is 41.5 Å². The Balaban J connectivity index is 0.00000202. The van der Waals surface area contributed by atoms with E-state index in [9.17, 15) is 19.2 Å². The highest BCUT2D eigenvalue weighted by Gasteiger charge is 2.30. The molecule has 0 aliphatic heterocycles. The third-order valence-corrected chi connectivity index (χ3v) is 6.49. The molecule has 216 valence electrons. The van der Waals surface area contributed by atoms with Gasteiger partial charge in [0.2, 0.25) is 5.91 Å². The third-order valence-electron chi connectivity index (χ3n) is 6.49. The summed E-state index contributed by atoms with van der Waals surface area (Å²) < 4.78 is 21.8. The maximum Gasteiger partial charge on any atom is 0.326 e. The SMILES string of the molecule is Cc1ccc(C(=O)Nc2ccc(Oc3ccc4nc(NC(=O)C5CC5)cn4c3)cn2)[n+](O)c1-c1ccc(F)cc1.Cl.O. The fraction of sp³-hybridized carbons (Fsp3) is 0.138. The predicted molar refractivity (Wildman–Crippen MR) is 154 cm³/mol. The zero-order valence-corrected chi connectivity index (χ0v) is 23.1.